The van der Waals surface area contributed by atoms with Gasteiger partial charge < -0.3 is 5.32 Å². The highest BCUT2D eigenvalue weighted by molar-refractivity contribution is 4.73. The van der Waals surface area contributed by atoms with E-state index >= 15 is 0 Å². The number of nitrogens with one attached hydrogen (secondary N) is 1. The van der Waals surface area contributed by atoms with E-state index in [1.165, 1.54) is 19.3 Å². The number of hydrogen-bond acceptors (Lipinski definition) is 1. The molecule has 54 valence electrons. The average molecular weight is 127 g/mol. The van der Waals surface area contributed by atoms with Gasteiger partial charge >= 0.3 is 0 Å². The molecule has 9 heavy (non-hydrogen) atoms. The second-order valence-electron chi connectivity index (χ2n) is 2.16. The Morgan fingerprint density at radius 2 is 2.11 bits per heavy atom. The van der Waals surface area contributed by atoms with E-state index in [4.69, 9.17) is 0 Å². The largest absolute Gasteiger partial charge is 0.391 e. The summed E-state index contributed by atoms with van der Waals surface area (Å²) in [5.74, 6) is 0. The lowest BCUT2D eigenvalue weighted by Gasteiger charge is -1.96. The van der Waals surface area contributed by atoms with Gasteiger partial charge in [-0.15, -0.1) is 0 Å². The molecule has 0 saturated heterocycles. The zero-order valence-corrected chi connectivity index (χ0v) is 6.48. The highest BCUT2D eigenvalue weighted by Crippen LogP contribution is 1.90. The fraction of sp³-hybridized carbons (Fsp3) is 0.750. The van der Waals surface area contributed by atoms with Gasteiger partial charge in [0.2, 0.25) is 0 Å². The van der Waals surface area contributed by atoms with Crippen molar-refractivity contribution < 1.29 is 0 Å². The van der Waals surface area contributed by atoms with Crippen LogP contribution in [-0.4, -0.2) is 6.54 Å². The molecular weight excluding hydrogens is 110 g/mol. The van der Waals surface area contributed by atoms with E-state index in [9.17, 15) is 0 Å². The Labute approximate surface area is 58.2 Å². The summed E-state index contributed by atoms with van der Waals surface area (Å²) in [4.78, 5) is 0. The van der Waals surface area contributed by atoms with Crippen LogP contribution in [0.25, 0.3) is 0 Å². The first kappa shape index (κ1) is 8.54. The molecule has 0 aliphatic heterocycles. The molecule has 0 fully saturated rings. The molecule has 0 aromatic carbocycles. The van der Waals surface area contributed by atoms with Crippen LogP contribution in [0.1, 0.15) is 33.1 Å². The second-order valence-corrected chi connectivity index (χ2v) is 2.16. The summed E-state index contributed by atoms with van der Waals surface area (Å²) in [5, 5.41) is 3.19. The van der Waals surface area contributed by atoms with Gasteiger partial charge in [-0.1, -0.05) is 25.8 Å². The number of rotatable bonds is 5. The van der Waals surface area contributed by atoms with Gasteiger partial charge in [-0.2, -0.15) is 0 Å². The molecule has 0 amide bonds. The van der Waals surface area contributed by atoms with Crippen LogP contribution in [0.4, 0.5) is 0 Å². The van der Waals surface area contributed by atoms with Gasteiger partial charge in [0.15, 0.2) is 0 Å². The Morgan fingerprint density at radius 3 is 2.67 bits per heavy atom. The summed E-state index contributed by atoms with van der Waals surface area (Å²) in [7, 11) is 0. The SMILES string of the molecule is C/C=C\NCCCCC. The Morgan fingerprint density at radius 1 is 1.33 bits per heavy atom. The van der Waals surface area contributed by atoms with Crippen LogP contribution in [0.15, 0.2) is 12.3 Å². The van der Waals surface area contributed by atoms with E-state index in [-0.39, 0.29) is 0 Å². The van der Waals surface area contributed by atoms with Gasteiger partial charge in [0.1, 0.15) is 0 Å². The zero-order valence-electron chi connectivity index (χ0n) is 6.48. The molecule has 0 aromatic rings. The molecule has 1 nitrogen and oxygen atoms in total. The van der Waals surface area contributed by atoms with Crippen LogP contribution in [0.5, 0.6) is 0 Å². The third-order valence-corrected chi connectivity index (χ3v) is 1.21. The van der Waals surface area contributed by atoms with Crippen LogP contribution in [0.3, 0.4) is 0 Å². The molecule has 0 aliphatic rings. The average Bonchev–Trinajstić information content (AvgIpc) is 1.89. The third kappa shape index (κ3) is 7.54. The van der Waals surface area contributed by atoms with Crippen molar-refractivity contribution in [2.75, 3.05) is 6.54 Å². The molecule has 0 radical (unpaired) electrons. The number of hydrogen-bond donors (Lipinski definition) is 1. The van der Waals surface area contributed by atoms with Crippen LogP contribution in [0.2, 0.25) is 0 Å². The van der Waals surface area contributed by atoms with Crippen molar-refractivity contribution in [2.45, 2.75) is 33.1 Å². The molecule has 0 spiro atoms. The fourth-order valence-electron chi connectivity index (χ4n) is 0.678. The van der Waals surface area contributed by atoms with Crippen molar-refractivity contribution >= 4 is 0 Å². The van der Waals surface area contributed by atoms with Crippen molar-refractivity contribution in [3.8, 4) is 0 Å². The van der Waals surface area contributed by atoms with Crippen LogP contribution in [0, 0.1) is 0 Å². The van der Waals surface area contributed by atoms with Gasteiger partial charge in [-0.05, 0) is 19.5 Å². The quantitative estimate of drug-likeness (QED) is 0.559. The van der Waals surface area contributed by atoms with E-state index in [0.717, 1.165) is 6.54 Å². The van der Waals surface area contributed by atoms with Crippen molar-refractivity contribution in [1.82, 2.24) is 5.32 Å². The van der Waals surface area contributed by atoms with E-state index < -0.39 is 0 Å². The molecule has 1 heteroatoms. The van der Waals surface area contributed by atoms with Crippen molar-refractivity contribution in [3.05, 3.63) is 12.3 Å². The van der Waals surface area contributed by atoms with Gasteiger partial charge in [0, 0.05) is 6.54 Å². The predicted molar refractivity (Wildman–Crippen MR) is 42.3 cm³/mol. The normalized spacial score (nSPS) is 10.4. The van der Waals surface area contributed by atoms with Crippen molar-refractivity contribution in [1.29, 1.82) is 0 Å². The molecule has 0 bridgehead atoms. The van der Waals surface area contributed by atoms with Crippen molar-refractivity contribution in [2.24, 2.45) is 0 Å². The molecule has 0 saturated carbocycles. The maximum absolute atomic E-state index is 3.19. The fourth-order valence-corrected chi connectivity index (χ4v) is 0.678. The van der Waals surface area contributed by atoms with Gasteiger partial charge in [0.05, 0.1) is 0 Å². The van der Waals surface area contributed by atoms with Gasteiger partial charge in [0.25, 0.3) is 0 Å². The summed E-state index contributed by atoms with van der Waals surface area (Å²) in [6.45, 7) is 5.36. The van der Waals surface area contributed by atoms with Crippen LogP contribution < -0.4 is 5.32 Å². The van der Waals surface area contributed by atoms with Crippen molar-refractivity contribution in [3.63, 3.8) is 0 Å². The minimum atomic E-state index is 1.12. The Kier molecular flexibility index (Phi) is 7.15. The zero-order chi connectivity index (χ0) is 6.95. The first-order valence-corrected chi connectivity index (χ1v) is 3.76. The molecule has 0 atom stereocenters. The number of unbranched alkanes of at least 4 members (excludes halogenated alkanes) is 2. The Hall–Kier alpha value is -0.460. The maximum Gasteiger partial charge on any atom is 0.0141 e. The highest BCUT2D eigenvalue weighted by Gasteiger charge is 1.80. The number of allylic oxidation sites excluding steroid dienone is 1. The minimum Gasteiger partial charge on any atom is -0.391 e. The molecule has 0 heterocycles. The third-order valence-electron chi connectivity index (χ3n) is 1.21. The summed E-state index contributed by atoms with van der Waals surface area (Å²) < 4.78 is 0. The summed E-state index contributed by atoms with van der Waals surface area (Å²) >= 11 is 0. The Bertz CT molecular complexity index is 67.0. The van der Waals surface area contributed by atoms with E-state index in [1.807, 2.05) is 19.2 Å². The Balaban J connectivity index is 2.75. The molecule has 0 aliphatic carbocycles. The topological polar surface area (TPSA) is 12.0 Å². The molecular formula is C8H17N. The highest BCUT2D eigenvalue weighted by atomic mass is 14.8. The smallest absolute Gasteiger partial charge is 0.0141 e. The summed E-state index contributed by atoms with van der Waals surface area (Å²) in [5.41, 5.74) is 0. The summed E-state index contributed by atoms with van der Waals surface area (Å²) in [6, 6.07) is 0. The van der Waals surface area contributed by atoms with Gasteiger partial charge in [-0.25, -0.2) is 0 Å². The van der Waals surface area contributed by atoms with Crippen LogP contribution >= 0.6 is 0 Å². The first-order valence-electron chi connectivity index (χ1n) is 3.76. The monoisotopic (exact) mass is 127 g/mol. The lowest BCUT2D eigenvalue weighted by molar-refractivity contribution is 0.683. The minimum absolute atomic E-state index is 1.12. The second kappa shape index (κ2) is 7.54. The molecule has 1 N–H and O–H groups in total. The predicted octanol–water partition coefficient (Wildman–Crippen LogP) is 2.30. The molecule has 0 unspecified atom stereocenters. The van der Waals surface area contributed by atoms with Crippen LogP contribution in [-0.2, 0) is 0 Å². The lowest BCUT2D eigenvalue weighted by Crippen LogP contribution is -2.05. The lowest BCUT2D eigenvalue weighted by atomic mass is 10.2. The van der Waals surface area contributed by atoms with E-state index in [1.54, 1.807) is 0 Å². The standard InChI is InChI=1S/C8H17N/c1-3-5-6-8-9-7-4-2/h4,7,9H,3,5-6,8H2,1-2H3/b7-4-. The molecule has 0 aromatic heterocycles. The van der Waals surface area contributed by atoms with Gasteiger partial charge in [-0.3, -0.25) is 0 Å². The molecule has 0 rings (SSSR count). The van der Waals surface area contributed by atoms with E-state index in [2.05, 4.69) is 12.2 Å². The first-order chi connectivity index (χ1) is 4.41. The van der Waals surface area contributed by atoms with E-state index in [0.29, 0.717) is 0 Å². The maximum atomic E-state index is 3.19. The summed E-state index contributed by atoms with van der Waals surface area (Å²) in [6.07, 6.45) is 7.95.